The minimum Gasteiger partial charge on any atom is -0.379 e. The molecule has 4 rings (SSSR count). The van der Waals surface area contributed by atoms with Crippen molar-refractivity contribution in [2.24, 2.45) is 4.99 Å². The molecule has 2 fully saturated rings. The molecular weight excluding hydrogens is 515 g/mol. The first-order valence-corrected chi connectivity index (χ1v) is 11.1. The van der Waals surface area contributed by atoms with Crippen LogP contribution in [0.5, 0.6) is 0 Å². The SMILES string of the molecule is CN=C(NCC(c1cccs1)N1CCOCC1)N1CCN(Cc2ccon2)CC1.I. The summed E-state index contributed by atoms with van der Waals surface area (Å²) in [6.45, 7) is 9.16. The van der Waals surface area contributed by atoms with Crippen LogP contribution >= 0.6 is 35.3 Å². The number of nitrogens with one attached hydrogen (secondary N) is 1. The number of aromatic nitrogens is 1. The van der Waals surface area contributed by atoms with Crippen LogP contribution in [0.15, 0.2) is 39.4 Å². The van der Waals surface area contributed by atoms with Crippen LogP contribution in [0.1, 0.15) is 16.6 Å². The first kappa shape index (κ1) is 23.5. The molecule has 1 atom stereocenters. The second-order valence-corrected chi connectivity index (χ2v) is 8.34. The molecular formula is C20H31IN6O2S. The summed E-state index contributed by atoms with van der Waals surface area (Å²) in [6.07, 6.45) is 1.63. The Balaban J connectivity index is 0.00000256. The number of aliphatic imine (C=N–C) groups is 1. The number of piperazine rings is 1. The lowest BCUT2D eigenvalue weighted by atomic mass is 10.2. The standard InChI is InChI=1S/C20H30N6O2S.HI/c1-21-20(26-7-5-24(6-8-26)16-17-4-11-28-23-17)22-15-18(19-3-2-14-29-19)25-9-12-27-13-10-25;/h2-4,11,14,18H,5-10,12-13,15-16H2,1H3,(H,21,22);1H. The van der Waals surface area contributed by atoms with Crippen molar-refractivity contribution in [3.63, 3.8) is 0 Å². The van der Waals surface area contributed by atoms with E-state index in [9.17, 15) is 0 Å². The molecule has 0 saturated carbocycles. The van der Waals surface area contributed by atoms with Crippen LogP contribution in [0, 0.1) is 0 Å². The average Bonchev–Trinajstić information content (AvgIpc) is 3.47. The van der Waals surface area contributed by atoms with Gasteiger partial charge in [0.2, 0.25) is 0 Å². The number of thiophene rings is 1. The van der Waals surface area contributed by atoms with E-state index < -0.39 is 0 Å². The molecule has 2 aliphatic heterocycles. The highest BCUT2D eigenvalue weighted by atomic mass is 127. The zero-order valence-electron chi connectivity index (χ0n) is 17.4. The first-order valence-electron chi connectivity index (χ1n) is 10.3. The molecule has 30 heavy (non-hydrogen) atoms. The van der Waals surface area contributed by atoms with Gasteiger partial charge in [0.1, 0.15) is 6.26 Å². The van der Waals surface area contributed by atoms with Gasteiger partial charge >= 0.3 is 0 Å². The largest absolute Gasteiger partial charge is 0.379 e. The predicted octanol–water partition coefficient (Wildman–Crippen LogP) is 2.12. The third-order valence-electron chi connectivity index (χ3n) is 5.57. The van der Waals surface area contributed by atoms with E-state index in [2.05, 4.69) is 47.7 Å². The van der Waals surface area contributed by atoms with Crippen molar-refractivity contribution in [2.45, 2.75) is 12.6 Å². The minimum atomic E-state index is 0. The van der Waals surface area contributed by atoms with Gasteiger partial charge in [-0.15, -0.1) is 35.3 Å². The van der Waals surface area contributed by atoms with Crippen molar-refractivity contribution in [1.82, 2.24) is 25.2 Å². The summed E-state index contributed by atoms with van der Waals surface area (Å²) >= 11 is 1.83. The van der Waals surface area contributed by atoms with Crippen LogP contribution in [-0.4, -0.2) is 91.9 Å². The fourth-order valence-corrected chi connectivity index (χ4v) is 4.83. The van der Waals surface area contributed by atoms with Gasteiger partial charge in [0, 0.05) is 70.3 Å². The van der Waals surface area contributed by atoms with E-state index in [0.717, 1.165) is 77.2 Å². The molecule has 0 bridgehead atoms. The molecule has 2 aromatic rings. The van der Waals surface area contributed by atoms with Crippen molar-refractivity contribution in [2.75, 3.05) is 66.1 Å². The molecule has 2 aliphatic rings. The zero-order valence-corrected chi connectivity index (χ0v) is 20.6. The third kappa shape index (κ3) is 6.16. The van der Waals surface area contributed by atoms with Gasteiger partial charge in [-0.25, -0.2) is 0 Å². The van der Waals surface area contributed by atoms with Gasteiger partial charge in [-0.1, -0.05) is 11.2 Å². The molecule has 10 heteroatoms. The number of morpholine rings is 1. The zero-order chi connectivity index (χ0) is 19.9. The van der Waals surface area contributed by atoms with E-state index in [-0.39, 0.29) is 24.0 Å². The van der Waals surface area contributed by atoms with Gasteiger partial charge in [-0.2, -0.15) is 0 Å². The Hall–Kier alpha value is -1.21. The molecule has 4 heterocycles. The molecule has 166 valence electrons. The molecule has 0 aromatic carbocycles. The molecule has 2 aromatic heterocycles. The van der Waals surface area contributed by atoms with Gasteiger partial charge in [-0.3, -0.25) is 14.8 Å². The Morgan fingerprint density at radius 1 is 1.20 bits per heavy atom. The Bertz CT molecular complexity index is 743. The van der Waals surface area contributed by atoms with Crippen molar-refractivity contribution < 1.29 is 9.26 Å². The number of halogens is 1. The van der Waals surface area contributed by atoms with Crippen LogP contribution in [-0.2, 0) is 11.3 Å². The molecule has 2 saturated heterocycles. The molecule has 0 amide bonds. The summed E-state index contributed by atoms with van der Waals surface area (Å²) in [5, 5.41) is 9.82. The lowest BCUT2D eigenvalue weighted by molar-refractivity contribution is 0.0175. The van der Waals surface area contributed by atoms with Gasteiger partial charge in [0.15, 0.2) is 5.96 Å². The second kappa shape index (κ2) is 12.0. The quantitative estimate of drug-likeness (QED) is 0.338. The van der Waals surface area contributed by atoms with E-state index in [1.165, 1.54) is 4.88 Å². The van der Waals surface area contributed by atoms with Crippen LogP contribution in [0.2, 0.25) is 0 Å². The van der Waals surface area contributed by atoms with Crippen LogP contribution in [0.25, 0.3) is 0 Å². The maximum absolute atomic E-state index is 5.55. The van der Waals surface area contributed by atoms with Crippen molar-refractivity contribution >= 4 is 41.3 Å². The highest BCUT2D eigenvalue weighted by Gasteiger charge is 2.25. The Morgan fingerprint density at radius 3 is 2.63 bits per heavy atom. The van der Waals surface area contributed by atoms with Crippen LogP contribution in [0.4, 0.5) is 0 Å². The maximum Gasteiger partial charge on any atom is 0.193 e. The van der Waals surface area contributed by atoms with E-state index in [1.807, 2.05) is 24.5 Å². The predicted molar refractivity (Wildman–Crippen MR) is 130 cm³/mol. The summed E-state index contributed by atoms with van der Waals surface area (Å²) in [7, 11) is 1.87. The summed E-state index contributed by atoms with van der Waals surface area (Å²) < 4.78 is 10.5. The minimum absolute atomic E-state index is 0. The summed E-state index contributed by atoms with van der Waals surface area (Å²) in [5.41, 5.74) is 0.991. The number of ether oxygens (including phenoxy) is 1. The molecule has 1 unspecified atom stereocenters. The maximum atomic E-state index is 5.55. The number of guanidine groups is 1. The van der Waals surface area contributed by atoms with Crippen LogP contribution < -0.4 is 5.32 Å². The van der Waals surface area contributed by atoms with E-state index in [1.54, 1.807) is 6.26 Å². The Kier molecular flexibility index (Phi) is 9.37. The number of hydrogen-bond acceptors (Lipinski definition) is 7. The Labute approximate surface area is 199 Å². The van der Waals surface area contributed by atoms with E-state index >= 15 is 0 Å². The van der Waals surface area contributed by atoms with Gasteiger partial charge in [0.05, 0.1) is 24.9 Å². The second-order valence-electron chi connectivity index (χ2n) is 7.36. The Morgan fingerprint density at radius 2 is 2.00 bits per heavy atom. The van der Waals surface area contributed by atoms with Crippen LogP contribution in [0.3, 0.4) is 0 Å². The van der Waals surface area contributed by atoms with Gasteiger partial charge in [-0.05, 0) is 11.4 Å². The van der Waals surface area contributed by atoms with E-state index in [0.29, 0.717) is 6.04 Å². The summed E-state index contributed by atoms with van der Waals surface area (Å²) in [6, 6.07) is 6.65. The molecule has 0 aliphatic carbocycles. The third-order valence-corrected chi connectivity index (χ3v) is 6.55. The average molecular weight is 546 g/mol. The fourth-order valence-electron chi connectivity index (χ4n) is 3.97. The van der Waals surface area contributed by atoms with E-state index in [4.69, 9.17) is 9.26 Å². The van der Waals surface area contributed by atoms with Gasteiger partial charge < -0.3 is 19.5 Å². The van der Waals surface area contributed by atoms with Crippen molar-refractivity contribution in [1.29, 1.82) is 0 Å². The highest BCUT2D eigenvalue weighted by molar-refractivity contribution is 14.0. The number of hydrogen-bond donors (Lipinski definition) is 1. The first-order chi connectivity index (χ1) is 14.3. The van der Waals surface area contributed by atoms with Crippen molar-refractivity contribution in [3.8, 4) is 0 Å². The smallest absolute Gasteiger partial charge is 0.193 e. The molecule has 0 spiro atoms. The monoisotopic (exact) mass is 546 g/mol. The number of rotatable bonds is 6. The topological polar surface area (TPSA) is 69.4 Å². The highest BCUT2D eigenvalue weighted by Crippen LogP contribution is 2.25. The molecule has 0 radical (unpaired) electrons. The number of nitrogens with zero attached hydrogens (tertiary/aromatic N) is 5. The fraction of sp³-hybridized carbons (Fsp3) is 0.600. The summed E-state index contributed by atoms with van der Waals surface area (Å²) in [4.78, 5) is 13.2. The molecule has 8 nitrogen and oxygen atoms in total. The normalized spacial score (nSPS) is 20.0. The lowest BCUT2D eigenvalue weighted by Gasteiger charge is -2.38. The molecule has 1 N–H and O–H groups in total. The lowest BCUT2D eigenvalue weighted by Crippen LogP contribution is -2.53. The summed E-state index contributed by atoms with van der Waals surface area (Å²) in [5.74, 6) is 0.987. The van der Waals surface area contributed by atoms with Crippen molar-refractivity contribution in [3.05, 3.63) is 40.4 Å². The van der Waals surface area contributed by atoms with Gasteiger partial charge in [0.25, 0.3) is 0 Å².